The molecule has 0 unspecified atom stereocenters. The molecular weight excluding hydrogens is 332 g/mol. The molecule has 1 aromatic rings. The van der Waals surface area contributed by atoms with E-state index in [9.17, 15) is 4.79 Å². The fraction of sp³-hybridized carbons (Fsp3) is 0.720. The lowest BCUT2D eigenvalue weighted by atomic mass is 10.0. The summed E-state index contributed by atoms with van der Waals surface area (Å²) < 4.78 is 5.37. The molecular formula is C25H42O2. The quantitative estimate of drug-likeness (QED) is 0.205. The third kappa shape index (κ3) is 13.5. The Kier molecular flexibility index (Phi) is 14.8. The third-order valence-electron chi connectivity index (χ3n) is 5.32. The van der Waals surface area contributed by atoms with Gasteiger partial charge in [-0.2, -0.15) is 0 Å². The predicted octanol–water partition coefficient (Wildman–Crippen LogP) is 7.77. The Morgan fingerprint density at radius 3 is 1.59 bits per heavy atom. The lowest BCUT2D eigenvalue weighted by Gasteiger charge is -2.06. The van der Waals surface area contributed by atoms with Gasteiger partial charge in [-0.15, -0.1) is 0 Å². The highest BCUT2D eigenvalue weighted by Crippen LogP contribution is 2.13. The van der Waals surface area contributed by atoms with E-state index in [0.717, 1.165) is 24.8 Å². The summed E-state index contributed by atoms with van der Waals surface area (Å²) in [4.78, 5) is 11.8. The van der Waals surface area contributed by atoms with Gasteiger partial charge in [0.15, 0.2) is 0 Å². The van der Waals surface area contributed by atoms with Gasteiger partial charge in [0.05, 0.1) is 0 Å². The van der Waals surface area contributed by atoms with Crippen molar-refractivity contribution in [2.24, 2.45) is 0 Å². The van der Waals surface area contributed by atoms with Crippen LogP contribution in [0.15, 0.2) is 24.3 Å². The van der Waals surface area contributed by atoms with Crippen LogP contribution in [0, 0.1) is 0 Å². The van der Waals surface area contributed by atoms with E-state index in [0.29, 0.717) is 13.0 Å². The number of esters is 1. The molecule has 0 aliphatic rings. The van der Waals surface area contributed by atoms with Crippen LogP contribution in [0.3, 0.4) is 0 Å². The van der Waals surface area contributed by atoms with Crippen LogP contribution in [-0.4, -0.2) is 5.97 Å². The number of benzene rings is 1. The molecule has 0 atom stereocenters. The first-order chi connectivity index (χ1) is 13.3. The van der Waals surface area contributed by atoms with E-state index < -0.39 is 0 Å². The van der Waals surface area contributed by atoms with Crippen LogP contribution in [0.25, 0.3) is 0 Å². The van der Waals surface area contributed by atoms with Gasteiger partial charge in [-0.3, -0.25) is 4.79 Å². The van der Waals surface area contributed by atoms with Crippen molar-refractivity contribution in [3.05, 3.63) is 35.4 Å². The highest BCUT2D eigenvalue weighted by molar-refractivity contribution is 5.69. The highest BCUT2D eigenvalue weighted by atomic mass is 16.5. The van der Waals surface area contributed by atoms with Gasteiger partial charge in [0.1, 0.15) is 6.61 Å². The summed E-state index contributed by atoms with van der Waals surface area (Å²) in [6.07, 6.45) is 18.8. The number of unbranched alkanes of at least 4 members (excludes halogenated alkanes) is 12. The minimum Gasteiger partial charge on any atom is -0.461 e. The predicted molar refractivity (Wildman–Crippen MR) is 116 cm³/mol. The molecule has 0 saturated carbocycles. The van der Waals surface area contributed by atoms with Crippen LogP contribution in [0.1, 0.15) is 115 Å². The molecule has 154 valence electrons. The number of carbonyl (C=O) groups is 1. The van der Waals surface area contributed by atoms with Crippen LogP contribution in [0.2, 0.25) is 0 Å². The van der Waals surface area contributed by atoms with Gasteiger partial charge in [-0.05, 0) is 24.0 Å². The van der Waals surface area contributed by atoms with Crippen molar-refractivity contribution in [2.75, 3.05) is 0 Å². The maximum Gasteiger partial charge on any atom is 0.306 e. The second-order valence-electron chi connectivity index (χ2n) is 7.82. The minimum absolute atomic E-state index is 0.0577. The Hall–Kier alpha value is -1.31. The molecule has 0 amide bonds. The fourth-order valence-electron chi connectivity index (χ4n) is 3.39. The molecule has 1 rings (SSSR count). The Morgan fingerprint density at radius 1 is 0.667 bits per heavy atom. The van der Waals surface area contributed by atoms with Crippen LogP contribution in [0.5, 0.6) is 0 Å². The van der Waals surface area contributed by atoms with Crippen LogP contribution >= 0.6 is 0 Å². The second kappa shape index (κ2) is 16.8. The molecule has 2 nitrogen and oxygen atoms in total. The molecule has 1 aromatic carbocycles. The van der Waals surface area contributed by atoms with Gasteiger partial charge in [0, 0.05) is 6.42 Å². The third-order valence-corrected chi connectivity index (χ3v) is 5.32. The molecule has 0 heterocycles. The highest BCUT2D eigenvalue weighted by Gasteiger charge is 2.03. The van der Waals surface area contributed by atoms with E-state index >= 15 is 0 Å². The first kappa shape index (κ1) is 23.7. The van der Waals surface area contributed by atoms with Crippen molar-refractivity contribution in [3.8, 4) is 0 Å². The molecule has 0 aromatic heterocycles. The van der Waals surface area contributed by atoms with Crippen molar-refractivity contribution in [3.63, 3.8) is 0 Å². The van der Waals surface area contributed by atoms with Gasteiger partial charge >= 0.3 is 5.97 Å². The number of carbonyl (C=O) groups excluding carboxylic acids is 1. The Balaban J connectivity index is 1.86. The molecule has 0 aliphatic carbocycles. The summed E-state index contributed by atoms with van der Waals surface area (Å²) in [5.74, 6) is -0.0577. The summed E-state index contributed by atoms with van der Waals surface area (Å²) >= 11 is 0. The normalized spacial score (nSPS) is 10.9. The lowest BCUT2D eigenvalue weighted by Crippen LogP contribution is -2.04. The van der Waals surface area contributed by atoms with Gasteiger partial charge in [0.2, 0.25) is 0 Å². The maximum absolute atomic E-state index is 11.8. The maximum atomic E-state index is 11.8. The van der Waals surface area contributed by atoms with E-state index in [1.165, 1.54) is 76.2 Å². The Labute approximate surface area is 168 Å². The fourth-order valence-corrected chi connectivity index (χ4v) is 3.39. The molecule has 0 aliphatic heterocycles. The van der Waals surface area contributed by atoms with E-state index in [2.05, 4.69) is 38.1 Å². The van der Waals surface area contributed by atoms with Crippen LogP contribution in [0.4, 0.5) is 0 Å². The lowest BCUT2D eigenvalue weighted by molar-refractivity contribution is -0.145. The molecule has 0 bridgehead atoms. The molecule has 2 heteroatoms. The smallest absolute Gasteiger partial charge is 0.306 e. The number of aryl methyl sites for hydroxylation is 1. The average molecular weight is 375 g/mol. The number of ether oxygens (including phenoxy) is 1. The second-order valence-corrected chi connectivity index (χ2v) is 7.82. The van der Waals surface area contributed by atoms with Gasteiger partial charge in [-0.1, -0.05) is 115 Å². The van der Waals surface area contributed by atoms with Crippen LogP contribution in [-0.2, 0) is 22.6 Å². The summed E-state index contributed by atoms with van der Waals surface area (Å²) in [5, 5.41) is 0. The van der Waals surface area contributed by atoms with Crippen LogP contribution < -0.4 is 0 Å². The van der Waals surface area contributed by atoms with E-state index in [1.807, 2.05) is 0 Å². The topological polar surface area (TPSA) is 26.3 Å². The molecule has 0 radical (unpaired) electrons. The Morgan fingerprint density at radius 2 is 1.11 bits per heavy atom. The van der Waals surface area contributed by atoms with Gasteiger partial charge in [0.25, 0.3) is 0 Å². The first-order valence-electron chi connectivity index (χ1n) is 11.5. The SMILES string of the molecule is CCCCCCCCCCCCCCCC(=O)OCc1ccc(CC)cc1. The van der Waals surface area contributed by atoms with E-state index in [4.69, 9.17) is 4.74 Å². The summed E-state index contributed by atoms with van der Waals surface area (Å²) in [5.41, 5.74) is 2.39. The largest absolute Gasteiger partial charge is 0.461 e. The van der Waals surface area contributed by atoms with Crippen molar-refractivity contribution >= 4 is 5.97 Å². The molecule has 0 spiro atoms. The average Bonchev–Trinajstić information content (AvgIpc) is 2.70. The zero-order valence-corrected chi connectivity index (χ0v) is 17.9. The van der Waals surface area contributed by atoms with E-state index in [-0.39, 0.29) is 5.97 Å². The summed E-state index contributed by atoms with van der Waals surface area (Å²) in [7, 11) is 0. The van der Waals surface area contributed by atoms with Gasteiger partial charge < -0.3 is 4.74 Å². The molecule has 0 fully saturated rings. The number of hydrogen-bond donors (Lipinski definition) is 0. The molecule has 27 heavy (non-hydrogen) atoms. The van der Waals surface area contributed by atoms with E-state index in [1.54, 1.807) is 0 Å². The zero-order chi connectivity index (χ0) is 19.6. The first-order valence-corrected chi connectivity index (χ1v) is 11.5. The molecule has 0 saturated heterocycles. The van der Waals surface area contributed by atoms with Crippen molar-refractivity contribution < 1.29 is 9.53 Å². The standard InChI is InChI=1S/C25H42O2/c1-3-5-6-7-8-9-10-11-12-13-14-15-16-17-25(26)27-22-24-20-18-23(4-2)19-21-24/h18-21H,3-17,22H2,1-2H3. The zero-order valence-electron chi connectivity index (χ0n) is 17.9. The number of hydrogen-bond acceptors (Lipinski definition) is 2. The number of rotatable bonds is 17. The summed E-state index contributed by atoms with van der Waals surface area (Å²) in [6.45, 7) is 4.82. The summed E-state index contributed by atoms with van der Waals surface area (Å²) in [6, 6.07) is 8.32. The minimum atomic E-state index is -0.0577. The van der Waals surface area contributed by atoms with Crippen molar-refractivity contribution in [1.29, 1.82) is 0 Å². The Bertz CT molecular complexity index is 464. The molecule has 0 N–H and O–H groups in total. The monoisotopic (exact) mass is 374 g/mol. The van der Waals surface area contributed by atoms with Crippen molar-refractivity contribution in [2.45, 2.75) is 117 Å². The van der Waals surface area contributed by atoms with Crippen molar-refractivity contribution in [1.82, 2.24) is 0 Å². The van der Waals surface area contributed by atoms with Gasteiger partial charge in [-0.25, -0.2) is 0 Å².